The first-order valence-electron chi connectivity index (χ1n) is 6.25. The molecule has 0 aliphatic heterocycles. The van der Waals surface area contributed by atoms with Gasteiger partial charge in [0.05, 0.1) is 12.8 Å². The molecule has 2 aromatic carbocycles. The Morgan fingerprint density at radius 2 is 1.75 bits per heavy atom. The molecule has 20 heavy (non-hydrogen) atoms. The number of hydrazone groups is 1. The van der Waals surface area contributed by atoms with E-state index in [0.29, 0.717) is 11.3 Å². The highest BCUT2D eigenvalue weighted by Gasteiger charge is 2.04. The summed E-state index contributed by atoms with van der Waals surface area (Å²) >= 11 is 0. The molecule has 2 rings (SSSR count). The van der Waals surface area contributed by atoms with E-state index in [4.69, 9.17) is 4.74 Å². The van der Waals surface area contributed by atoms with Crippen LogP contribution in [0, 0.1) is 0 Å². The Balaban J connectivity index is 2.09. The number of hydrogen-bond donors (Lipinski definition) is 1. The van der Waals surface area contributed by atoms with Crippen LogP contribution in [0.25, 0.3) is 0 Å². The zero-order valence-electron chi connectivity index (χ0n) is 11.5. The van der Waals surface area contributed by atoms with Crippen LogP contribution in [-0.4, -0.2) is 18.7 Å². The fourth-order valence-electron chi connectivity index (χ4n) is 1.70. The molecule has 0 radical (unpaired) electrons. The van der Waals surface area contributed by atoms with Gasteiger partial charge in [-0.3, -0.25) is 4.79 Å². The number of nitrogens with one attached hydrogen (secondary N) is 1. The minimum atomic E-state index is -0.229. The van der Waals surface area contributed by atoms with E-state index in [-0.39, 0.29) is 5.91 Å². The van der Waals surface area contributed by atoms with Crippen molar-refractivity contribution in [2.75, 3.05) is 7.11 Å². The van der Waals surface area contributed by atoms with E-state index in [0.717, 1.165) is 11.3 Å². The van der Waals surface area contributed by atoms with Gasteiger partial charge >= 0.3 is 0 Å². The Kier molecular flexibility index (Phi) is 4.50. The molecule has 4 nitrogen and oxygen atoms in total. The van der Waals surface area contributed by atoms with Crippen LogP contribution in [0.15, 0.2) is 59.7 Å². The zero-order chi connectivity index (χ0) is 14.4. The molecule has 0 aliphatic carbocycles. The van der Waals surface area contributed by atoms with Crippen molar-refractivity contribution in [3.63, 3.8) is 0 Å². The predicted molar refractivity (Wildman–Crippen MR) is 79.1 cm³/mol. The van der Waals surface area contributed by atoms with E-state index >= 15 is 0 Å². The Labute approximate surface area is 118 Å². The van der Waals surface area contributed by atoms with Crippen LogP contribution in [-0.2, 0) is 0 Å². The summed E-state index contributed by atoms with van der Waals surface area (Å²) in [5, 5.41) is 4.11. The lowest BCUT2D eigenvalue weighted by Gasteiger charge is -2.05. The first-order chi connectivity index (χ1) is 9.70. The maximum Gasteiger partial charge on any atom is 0.271 e. The van der Waals surface area contributed by atoms with Crippen LogP contribution >= 0.6 is 0 Å². The average Bonchev–Trinajstić information content (AvgIpc) is 2.53. The largest absolute Gasteiger partial charge is 0.497 e. The summed E-state index contributed by atoms with van der Waals surface area (Å²) in [6, 6.07) is 16.5. The number of amides is 1. The highest BCUT2D eigenvalue weighted by atomic mass is 16.5. The Bertz CT molecular complexity index is 621. The smallest absolute Gasteiger partial charge is 0.271 e. The molecule has 0 heterocycles. The molecule has 1 N–H and O–H groups in total. The number of methoxy groups -OCH3 is 1. The molecular weight excluding hydrogens is 252 g/mol. The minimum absolute atomic E-state index is 0.229. The minimum Gasteiger partial charge on any atom is -0.497 e. The number of rotatable bonds is 4. The van der Waals surface area contributed by atoms with Crippen LogP contribution in [0.1, 0.15) is 22.8 Å². The molecule has 1 amide bonds. The molecule has 0 fully saturated rings. The molecule has 102 valence electrons. The highest BCUT2D eigenvalue weighted by Crippen LogP contribution is 2.13. The van der Waals surface area contributed by atoms with Gasteiger partial charge < -0.3 is 4.74 Å². The van der Waals surface area contributed by atoms with Crippen LogP contribution in [0.2, 0.25) is 0 Å². The molecule has 0 aromatic heterocycles. The second-order valence-electron chi connectivity index (χ2n) is 4.24. The first kappa shape index (κ1) is 13.8. The molecule has 0 bridgehead atoms. The van der Waals surface area contributed by atoms with Crippen LogP contribution in [0.5, 0.6) is 5.75 Å². The molecule has 2 aromatic rings. The van der Waals surface area contributed by atoms with Crippen molar-refractivity contribution in [3.8, 4) is 5.75 Å². The highest BCUT2D eigenvalue weighted by molar-refractivity contribution is 6.01. The van der Waals surface area contributed by atoms with Gasteiger partial charge in [-0.05, 0) is 31.2 Å². The number of carbonyl (C=O) groups is 1. The summed E-state index contributed by atoms with van der Waals surface area (Å²) in [6.07, 6.45) is 0. The van der Waals surface area contributed by atoms with E-state index in [9.17, 15) is 4.79 Å². The Morgan fingerprint density at radius 3 is 2.45 bits per heavy atom. The van der Waals surface area contributed by atoms with Gasteiger partial charge in [-0.1, -0.05) is 30.3 Å². The van der Waals surface area contributed by atoms with E-state index in [1.807, 2.05) is 49.4 Å². The summed E-state index contributed by atoms with van der Waals surface area (Å²) in [4.78, 5) is 11.9. The van der Waals surface area contributed by atoms with Crippen molar-refractivity contribution in [1.29, 1.82) is 0 Å². The molecule has 4 heteroatoms. The SMILES string of the molecule is COc1cccc(C(C)=NNC(=O)c2ccccc2)c1. The van der Waals surface area contributed by atoms with E-state index in [2.05, 4.69) is 10.5 Å². The second-order valence-corrected chi connectivity index (χ2v) is 4.24. The molecule has 0 spiro atoms. The van der Waals surface area contributed by atoms with Gasteiger partial charge in [0.25, 0.3) is 5.91 Å². The maximum atomic E-state index is 11.9. The molecular formula is C16H16N2O2. The average molecular weight is 268 g/mol. The third-order valence-corrected chi connectivity index (χ3v) is 2.85. The van der Waals surface area contributed by atoms with E-state index in [1.165, 1.54) is 0 Å². The normalized spacial score (nSPS) is 11.0. The lowest BCUT2D eigenvalue weighted by atomic mass is 10.1. The predicted octanol–water partition coefficient (Wildman–Crippen LogP) is 2.85. The maximum absolute atomic E-state index is 11.9. The third-order valence-electron chi connectivity index (χ3n) is 2.85. The fourth-order valence-corrected chi connectivity index (χ4v) is 1.70. The van der Waals surface area contributed by atoms with Crippen molar-refractivity contribution in [2.24, 2.45) is 5.10 Å². The van der Waals surface area contributed by atoms with Crippen molar-refractivity contribution >= 4 is 11.6 Å². The van der Waals surface area contributed by atoms with Crippen molar-refractivity contribution in [3.05, 3.63) is 65.7 Å². The van der Waals surface area contributed by atoms with E-state index < -0.39 is 0 Å². The summed E-state index contributed by atoms with van der Waals surface area (Å²) in [5.41, 5.74) is 4.74. The monoisotopic (exact) mass is 268 g/mol. The molecule has 0 atom stereocenters. The first-order valence-corrected chi connectivity index (χ1v) is 6.25. The van der Waals surface area contributed by atoms with Gasteiger partial charge in [0, 0.05) is 11.1 Å². The van der Waals surface area contributed by atoms with Crippen molar-refractivity contribution < 1.29 is 9.53 Å². The van der Waals surface area contributed by atoms with Gasteiger partial charge in [-0.15, -0.1) is 0 Å². The number of ether oxygens (including phenoxy) is 1. The number of carbonyl (C=O) groups excluding carboxylic acids is 1. The number of hydrogen-bond acceptors (Lipinski definition) is 3. The van der Waals surface area contributed by atoms with Gasteiger partial charge in [0.1, 0.15) is 5.75 Å². The standard InChI is InChI=1S/C16H16N2O2/c1-12(14-9-6-10-15(11-14)20-2)17-18-16(19)13-7-4-3-5-8-13/h3-11H,1-2H3,(H,18,19). The summed E-state index contributed by atoms with van der Waals surface area (Å²) in [7, 11) is 1.61. The second kappa shape index (κ2) is 6.52. The van der Waals surface area contributed by atoms with Gasteiger partial charge in [-0.2, -0.15) is 5.10 Å². The Morgan fingerprint density at radius 1 is 1.05 bits per heavy atom. The topological polar surface area (TPSA) is 50.7 Å². The molecule has 0 aliphatic rings. The van der Waals surface area contributed by atoms with Crippen LogP contribution in [0.3, 0.4) is 0 Å². The molecule has 0 unspecified atom stereocenters. The summed E-state index contributed by atoms with van der Waals surface area (Å²) in [6.45, 7) is 1.83. The van der Waals surface area contributed by atoms with E-state index in [1.54, 1.807) is 19.2 Å². The lowest BCUT2D eigenvalue weighted by Crippen LogP contribution is -2.19. The Hall–Kier alpha value is -2.62. The van der Waals surface area contributed by atoms with Gasteiger partial charge in [0.2, 0.25) is 0 Å². The quantitative estimate of drug-likeness (QED) is 0.684. The fraction of sp³-hybridized carbons (Fsp3) is 0.125. The zero-order valence-corrected chi connectivity index (χ0v) is 11.5. The molecule has 0 saturated heterocycles. The van der Waals surface area contributed by atoms with Crippen molar-refractivity contribution in [2.45, 2.75) is 6.92 Å². The summed E-state index contributed by atoms with van der Waals surface area (Å²) < 4.78 is 5.16. The van der Waals surface area contributed by atoms with Crippen LogP contribution in [0.4, 0.5) is 0 Å². The summed E-state index contributed by atoms with van der Waals surface area (Å²) in [5.74, 6) is 0.527. The van der Waals surface area contributed by atoms with Gasteiger partial charge in [0.15, 0.2) is 0 Å². The van der Waals surface area contributed by atoms with Gasteiger partial charge in [-0.25, -0.2) is 5.43 Å². The molecule has 0 saturated carbocycles. The lowest BCUT2D eigenvalue weighted by molar-refractivity contribution is 0.0955. The van der Waals surface area contributed by atoms with Crippen LogP contribution < -0.4 is 10.2 Å². The number of nitrogens with zero attached hydrogens (tertiary/aromatic N) is 1. The van der Waals surface area contributed by atoms with Crippen molar-refractivity contribution in [1.82, 2.24) is 5.43 Å². The third kappa shape index (κ3) is 3.45. The number of benzene rings is 2.